The van der Waals surface area contributed by atoms with Crippen molar-refractivity contribution in [3.05, 3.63) is 36.9 Å². The van der Waals surface area contributed by atoms with Gasteiger partial charge in [-0.3, -0.25) is 9.69 Å². The standard InChI is InChI=1S/C21H31NO5/c1-8-15-25-17-11-9-16(10-12-17)22(19(24)27-21(5,6)7)14-13-18(23)26-20(2,3)4/h8-12H,1,13-15H2,2-7H3. The van der Waals surface area contributed by atoms with Crippen LogP contribution in [0.2, 0.25) is 0 Å². The molecule has 0 saturated heterocycles. The van der Waals surface area contributed by atoms with Crippen LogP contribution in [-0.4, -0.2) is 36.4 Å². The third-order valence-corrected chi connectivity index (χ3v) is 3.09. The largest absolute Gasteiger partial charge is 0.490 e. The Labute approximate surface area is 162 Å². The lowest BCUT2D eigenvalue weighted by molar-refractivity contribution is -0.154. The average Bonchev–Trinajstić information content (AvgIpc) is 2.50. The minimum atomic E-state index is -0.645. The summed E-state index contributed by atoms with van der Waals surface area (Å²) >= 11 is 0. The first-order chi connectivity index (χ1) is 12.4. The normalized spacial score (nSPS) is 11.5. The Morgan fingerprint density at radius 2 is 1.56 bits per heavy atom. The van der Waals surface area contributed by atoms with Gasteiger partial charge in [-0.2, -0.15) is 0 Å². The number of hydrogen-bond donors (Lipinski definition) is 0. The van der Waals surface area contributed by atoms with Crippen LogP contribution in [0.4, 0.5) is 10.5 Å². The molecule has 0 atom stereocenters. The minimum Gasteiger partial charge on any atom is -0.490 e. The zero-order chi connectivity index (χ0) is 20.7. The molecule has 0 aromatic heterocycles. The molecule has 1 amide bonds. The number of carbonyl (C=O) groups is 2. The van der Waals surface area contributed by atoms with Crippen molar-refractivity contribution in [3.63, 3.8) is 0 Å². The molecule has 0 aliphatic rings. The van der Waals surface area contributed by atoms with Crippen LogP contribution in [0.3, 0.4) is 0 Å². The van der Waals surface area contributed by atoms with Gasteiger partial charge in [0.2, 0.25) is 0 Å². The second kappa shape index (κ2) is 9.44. The molecule has 6 nitrogen and oxygen atoms in total. The van der Waals surface area contributed by atoms with Gasteiger partial charge in [-0.1, -0.05) is 12.7 Å². The molecule has 6 heteroatoms. The highest BCUT2D eigenvalue weighted by Crippen LogP contribution is 2.22. The van der Waals surface area contributed by atoms with Gasteiger partial charge in [0.1, 0.15) is 23.6 Å². The molecule has 0 heterocycles. The maximum absolute atomic E-state index is 12.6. The molecule has 0 aliphatic heterocycles. The Balaban J connectivity index is 2.92. The highest BCUT2D eigenvalue weighted by Gasteiger charge is 2.25. The maximum Gasteiger partial charge on any atom is 0.414 e. The van der Waals surface area contributed by atoms with Gasteiger partial charge in [-0.15, -0.1) is 0 Å². The lowest BCUT2D eigenvalue weighted by Gasteiger charge is -2.28. The van der Waals surface area contributed by atoms with Crippen molar-refractivity contribution in [1.82, 2.24) is 0 Å². The van der Waals surface area contributed by atoms with Crippen LogP contribution in [0.25, 0.3) is 0 Å². The van der Waals surface area contributed by atoms with Crippen molar-refractivity contribution in [2.75, 3.05) is 18.1 Å². The number of rotatable bonds is 7. The van der Waals surface area contributed by atoms with Crippen molar-refractivity contribution in [2.45, 2.75) is 59.2 Å². The molecule has 0 N–H and O–H groups in total. The summed E-state index contributed by atoms with van der Waals surface area (Å²) < 4.78 is 16.3. The third-order valence-electron chi connectivity index (χ3n) is 3.09. The van der Waals surface area contributed by atoms with E-state index < -0.39 is 17.3 Å². The molecule has 0 fully saturated rings. The zero-order valence-corrected chi connectivity index (χ0v) is 17.2. The van der Waals surface area contributed by atoms with Crippen LogP contribution in [0.15, 0.2) is 36.9 Å². The number of nitrogens with zero attached hydrogens (tertiary/aromatic N) is 1. The Kier molecular flexibility index (Phi) is 7.88. The molecule has 0 aliphatic carbocycles. The number of hydrogen-bond acceptors (Lipinski definition) is 5. The lowest BCUT2D eigenvalue weighted by Crippen LogP contribution is -2.38. The van der Waals surface area contributed by atoms with Crippen LogP contribution in [0.5, 0.6) is 5.75 Å². The Morgan fingerprint density at radius 1 is 1.00 bits per heavy atom. The number of carbonyl (C=O) groups excluding carboxylic acids is 2. The van der Waals surface area contributed by atoms with Crippen LogP contribution in [0, 0.1) is 0 Å². The van der Waals surface area contributed by atoms with E-state index in [0.717, 1.165) is 0 Å². The monoisotopic (exact) mass is 377 g/mol. The van der Waals surface area contributed by atoms with E-state index in [1.54, 1.807) is 71.9 Å². The van der Waals surface area contributed by atoms with Gasteiger partial charge in [-0.25, -0.2) is 4.79 Å². The van der Waals surface area contributed by atoms with E-state index in [4.69, 9.17) is 14.2 Å². The summed E-state index contributed by atoms with van der Waals surface area (Å²) in [5.41, 5.74) is -0.606. The summed E-state index contributed by atoms with van der Waals surface area (Å²) in [4.78, 5) is 26.1. The van der Waals surface area contributed by atoms with E-state index in [9.17, 15) is 9.59 Å². The fourth-order valence-electron chi connectivity index (χ4n) is 2.12. The van der Waals surface area contributed by atoms with Gasteiger partial charge >= 0.3 is 12.1 Å². The van der Waals surface area contributed by atoms with E-state index >= 15 is 0 Å². The molecule has 27 heavy (non-hydrogen) atoms. The number of esters is 1. The van der Waals surface area contributed by atoms with E-state index in [1.165, 1.54) is 4.90 Å². The second-order valence-electron chi connectivity index (χ2n) is 8.06. The fourth-order valence-corrected chi connectivity index (χ4v) is 2.12. The Morgan fingerprint density at radius 3 is 2.04 bits per heavy atom. The Bertz CT molecular complexity index is 638. The fraction of sp³-hybridized carbons (Fsp3) is 0.524. The molecule has 0 unspecified atom stereocenters. The minimum absolute atomic E-state index is 0.0607. The predicted molar refractivity (Wildman–Crippen MR) is 106 cm³/mol. The van der Waals surface area contributed by atoms with Gasteiger partial charge in [-0.05, 0) is 65.8 Å². The van der Waals surface area contributed by atoms with Gasteiger partial charge < -0.3 is 14.2 Å². The molecule has 150 valence electrons. The number of ether oxygens (including phenoxy) is 3. The Hall–Kier alpha value is -2.50. The van der Waals surface area contributed by atoms with Crippen molar-refractivity contribution in [2.24, 2.45) is 0 Å². The van der Waals surface area contributed by atoms with Crippen LogP contribution >= 0.6 is 0 Å². The highest BCUT2D eigenvalue weighted by atomic mass is 16.6. The van der Waals surface area contributed by atoms with Crippen LogP contribution in [-0.2, 0) is 14.3 Å². The molecule has 1 aromatic carbocycles. The molecule has 0 spiro atoms. The molecule has 1 aromatic rings. The first kappa shape index (κ1) is 22.5. The summed E-state index contributed by atoms with van der Waals surface area (Å²) in [5, 5.41) is 0. The van der Waals surface area contributed by atoms with Gasteiger partial charge in [0.05, 0.1) is 6.42 Å². The zero-order valence-electron chi connectivity index (χ0n) is 17.2. The lowest BCUT2D eigenvalue weighted by atomic mass is 10.2. The van der Waals surface area contributed by atoms with E-state index in [0.29, 0.717) is 18.0 Å². The first-order valence-corrected chi connectivity index (χ1v) is 8.97. The molecule has 1 rings (SSSR count). The summed E-state index contributed by atoms with van der Waals surface area (Å²) in [6.45, 7) is 14.9. The highest BCUT2D eigenvalue weighted by molar-refractivity contribution is 5.88. The summed E-state index contributed by atoms with van der Waals surface area (Å²) in [6.07, 6.45) is 1.19. The maximum atomic E-state index is 12.6. The van der Waals surface area contributed by atoms with E-state index in [-0.39, 0.29) is 18.9 Å². The summed E-state index contributed by atoms with van der Waals surface area (Å²) in [5.74, 6) is 0.289. The van der Waals surface area contributed by atoms with Crippen molar-refractivity contribution in [3.8, 4) is 5.75 Å². The quantitative estimate of drug-likeness (QED) is 0.508. The van der Waals surface area contributed by atoms with Crippen molar-refractivity contribution in [1.29, 1.82) is 0 Å². The van der Waals surface area contributed by atoms with Gasteiger partial charge in [0.25, 0.3) is 0 Å². The third kappa shape index (κ3) is 9.13. The van der Waals surface area contributed by atoms with E-state index in [1.807, 2.05) is 0 Å². The van der Waals surface area contributed by atoms with Crippen LogP contribution < -0.4 is 9.64 Å². The van der Waals surface area contributed by atoms with E-state index in [2.05, 4.69) is 6.58 Å². The number of benzene rings is 1. The first-order valence-electron chi connectivity index (χ1n) is 8.97. The SMILES string of the molecule is C=CCOc1ccc(N(CCC(=O)OC(C)(C)C)C(=O)OC(C)(C)C)cc1. The molecular formula is C21H31NO5. The van der Waals surface area contributed by atoms with Crippen molar-refractivity contribution < 1.29 is 23.8 Å². The topological polar surface area (TPSA) is 65.1 Å². The summed E-state index contributed by atoms with van der Waals surface area (Å²) in [6, 6.07) is 7.00. The average molecular weight is 377 g/mol. The predicted octanol–water partition coefficient (Wildman–Crippen LogP) is 4.72. The summed E-state index contributed by atoms with van der Waals surface area (Å²) in [7, 11) is 0. The number of anilines is 1. The molecule has 0 radical (unpaired) electrons. The number of amides is 1. The second-order valence-corrected chi connectivity index (χ2v) is 8.06. The van der Waals surface area contributed by atoms with Gasteiger partial charge in [0.15, 0.2) is 0 Å². The van der Waals surface area contributed by atoms with Crippen molar-refractivity contribution >= 4 is 17.7 Å². The smallest absolute Gasteiger partial charge is 0.414 e. The molecule has 0 saturated carbocycles. The molecular weight excluding hydrogens is 346 g/mol. The van der Waals surface area contributed by atoms with Gasteiger partial charge in [0, 0.05) is 12.2 Å². The molecule has 0 bridgehead atoms. The van der Waals surface area contributed by atoms with Crippen LogP contribution in [0.1, 0.15) is 48.0 Å².